The molecule has 0 N–H and O–H groups in total. The first-order valence-electron chi connectivity index (χ1n) is 4.82. The highest BCUT2D eigenvalue weighted by Crippen LogP contribution is 2.46. The van der Waals surface area contributed by atoms with E-state index in [0.717, 1.165) is 0 Å². The molecular formula is C10H13F3O3. The molecule has 1 aliphatic rings. The van der Waals surface area contributed by atoms with Crippen molar-refractivity contribution in [2.24, 2.45) is 0 Å². The van der Waals surface area contributed by atoms with Crippen LogP contribution in [0, 0.1) is 0 Å². The van der Waals surface area contributed by atoms with Crippen LogP contribution in [-0.4, -0.2) is 31.0 Å². The molecule has 0 aromatic rings. The van der Waals surface area contributed by atoms with Gasteiger partial charge in [-0.1, -0.05) is 6.58 Å². The zero-order valence-corrected chi connectivity index (χ0v) is 8.89. The van der Waals surface area contributed by atoms with E-state index >= 15 is 0 Å². The maximum Gasteiger partial charge on any atom is 0.419 e. The van der Waals surface area contributed by atoms with Gasteiger partial charge in [-0.2, -0.15) is 13.2 Å². The first kappa shape index (κ1) is 13.0. The Balaban J connectivity index is 2.22. The standard InChI is InChI=1S/C10H13F3O3/c1-7(2)8(14)15-5-3-4-9(6-16-9)10(11,12)13/h1,3-6H2,2H3. The molecule has 0 aromatic heterocycles. The van der Waals surface area contributed by atoms with Gasteiger partial charge in [0.25, 0.3) is 0 Å². The molecule has 92 valence electrons. The van der Waals surface area contributed by atoms with Gasteiger partial charge in [0, 0.05) is 5.57 Å². The van der Waals surface area contributed by atoms with E-state index in [9.17, 15) is 18.0 Å². The van der Waals surface area contributed by atoms with Crippen LogP contribution in [0.15, 0.2) is 12.2 Å². The molecule has 0 aliphatic carbocycles. The number of rotatable bonds is 5. The molecule has 0 aromatic carbocycles. The Bertz CT molecular complexity index is 292. The van der Waals surface area contributed by atoms with Gasteiger partial charge in [0.05, 0.1) is 13.2 Å². The van der Waals surface area contributed by atoms with Gasteiger partial charge in [-0.25, -0.2) is 4.79 Å². The largest absolute Gasteiger partial charge is 0.462 e. The van der Waals surface area contributed by atoms with Gasteiger partial charge < -0.3 is 9.47 Å². The number of halogens is 3. The Morgan fingerprint density at radius 2 is 2.12 bits per heavy atom. The fourth-order valence-corrected chi connectivity index (χ4v) is 1.18. The number of hydrogen-bond acceptors (Lipinski definition) is 3. The van der Waals surface area contributed by atoms with Crippen molar-refractivity contribution in [3.8, 4) is 0 Å². The number of epoxide rings is 1. The molecule has 6 heteroatoms. The van der Waals surface area contributed by atoms with Crippen molar-refractivity contribution >= 4 is 5.97 Å². The molecular weight excluding hydrogens is 225 g/mol. The normalized spacial score (nSPS) is 24.0. The number of carbonyl (C=O) groups is 1. The Morgan fingerprint density at radius 1 is 1.56 bits per heavy atom. The van der Waals surface area contributed by atoms with Crippen molar-refractivity contribution in [1.29, 1.82) is 0 Å². The van der Waals surface area contributed by atoms with Crippen molar-refractivity contribution in [3.05, 3.63) is 12.2 Å². The third-order valence-electron chi connectivity index (χ3n) is 2.32. The molecule has 1 aliphatic heterocycles. The molecule has 0 amide bonds. The number of carbonyl (C=O) groups excluding carboxylic acids is 1. The molecule has 3 nitrogen and oxygen atoms in total. The summed E-state index contributed by atoms with van der Waals surface area (Å²) in [7, 11) is 0. The zero-order chi connectivity index (χ0) is 12.4. The van der Waals surface area contributed by atoms with E-state index in [2.05, 4.69) is 16.1 Å². The van der Waals surface area contributed by atoms with E-state index in [1.54, 1.807) is 0 Å². The summed E-state index contributed by atoms with van der Waals surface area (Å²) in [6.45, 7) is 4.48. The van der Waals surface area contributed by atoms with Crippen molar-refractivity contribution in [1.82, 2.24) is 0 Å². The van der Waals surface area contributed by atoms with Gasteiger partial charge >= 0.3 is 12.1 Å². The average molecular weight is 238 g/mol. The summed E-state index contributed by atoms with van der Waals surface area (Å²) in [4.78, 5) is 10.9. The lowest BCUT2D eigenvalue weighted by Crippen LogP contribution is -2.33. The maximum absolute atomic E-state index is 12.4. The van der Waals surface area contributed by atoms with Crippen LogP contribution < -0.4 is 0 Å². The summed E-state index contributed by atoms with van der Waals surface area (Å²) < 4.78 is 46.2. The topological polar surface area (TPSA) is 38.8 Å². The van der Waals surface area contributed by atoms with Gasteiger partial charge in [-0.05, 0) is 19.8 Å². The Hall–Kier alpha value is -1.04. The quantitative estimate of drug-likeness (QED) is 0.319. The lowest BCUT2D eigenvalue weighted by atomic mass is 10.0. The van der Waals surface area contributed by atoms with E-state index in [1.807, 2.05) is 0 Å². The predicted octanol–water partition coefficient (Wildman–Crippen LogP) is 2.22. The van der Waals surface area contributed by atoms with Gasteiger partial charge in [-0.3, -0.25) is 0 Å². The van der Waals surface area contributed by atoms with Crippen LogP contribution in [0.1, 0.15) is 19.8 Å². The first-order chi connectivity index (χ1) is 7.28. The summed E-state index contributed by atoms with van der Waals surface area (Å²) >= 11 is 0. The molecule has 0 radical (unpaired) electrons. The molecule has 1 fully saturated rings. The van der Waals surface area contributed by atoms with E-state index in [4.69, 9.17) is 0 Å². The minimum atomic E-state index is -4.34. The van der Waals surface area contributed by atoms with Crippen LogP contribution in [0.3, 0.4) is 0 Å². The summed E-state index contributed by atoms with van der Waals surface area (Å²) in [5.41, 5.74) is -1.77. The van der Waals surface area contributed by atoms with E-state index in [1.165, 1.54) is 6.92 Å². The second-order valence-corrected chi connectivity index (χ2v) is 3.80. The Labute approximate surface area is 91.2 Å². The Kier molecular flexibility index (Phi) is 3.62. The van der Waals surface area contributed by atoms with Crippen molar-refractivity contribution in [3.63, 3.8) is 0 Å². The summed E-state index contributed by atoms with van der Waals surface area (Å²) in [6.07, 6.45) is -4.40. The molecule has 1 saturated heterocycles. The molecule has 0 spiro atoms. The van der Waals surface area contributed by atoms with Crippen LogP contribution in [0.4, 0.5) is 13.2 Å². The minimum Gasteiger partial charge on any atom is -0.462 e. The number of alkyl halides is 3. The molecule has 1 rings (SSSR count). The van der Waals surface area contributed by atoms with Crippen molar-refractivity contribution in [2.45, 2.75) is 31.5 Å². The van der Waals surface area contributed by atoms with Crippen LogP contribution in [0.2, 0.25) is 0 Å². The smallest absolute Gasteiger partial charge is 0.419 e. The number of hydrogen-bond donors (Lipinski definition) is 0. The van der Waals surface area contributed by atoms with Gasteiger partial charge in [0.1, 0.15) is 0 Å². The van der Waals surface area contributed by atoms with Gasteiger partial charge in [0.15, 0.2) is 5.60 Å². The minimum absolute atomic E-state index is 0.0487. The lowest BCUT2D eigenvalue weighted by molar-refractivity contribution is -0.186. The van der Waals surface area contributed by atoms with Crippen LogP contribution >= 0.6 is 0 Å². The number of esters is 1. The second-order valence-electron chi connectivity index (χ2n) is 3.80. The second kappa shape index (κ2) is 4.45. The fourth-order valence-electron chi connectivity index (χ4n) is 1.18. The van der Waals surface area contributed by atoms with Crippen LogP contribution in [0.25, 0.3) is 0 Å². The molecule has 1 atom stereocenters. The SMILES string of the molecule is C=C(C)C(=O)OCCCC1(C(F)(F)F)CO1. The van der Waals surface area contributed by atoms with E-state index in [0.29, 0.717) is 0 Å². The van der Waals surface area contributed by atoms with Gasteiger partial charge in [0.2, 0.25) is 0 Å². The number of ether oxygens (including phenoxy) is 2. The summed E-state index contributed by atoms with van der Waals surface area (Å²) in [5, 5.41) is 0. The third-order valence-corrected chi connectivity index (χ3v) is 2.32. The lowest BCUT2D eigenvalue weighted by Gasteiger charge is -2.15. The third kappa shape index (κ3) is 2.98. The monoisotopic (exact) mass is 238 g/mol. The molecule has 1 unspecified atom stereocenters. The van der Waals surface area contributed by atoms with Crippen molar-refractivity contribution < 1.29 is 27.4 Å². The van der Waals surface area contributed by atoms with Crippen LogP contribution in [-0.2, 0) is 14.3 Å². The van der Waals surface area contributed by atoms with E-state index in [-0.39, 0.29) is 31.6 Å². The fraction of sp³-hybridized carbons (Fsp3) is 0.700. The molecule has 16 heavy (non-hydrogen) atoms. The molecule has 0 bridgehead atoms. The van der Waals surface area contributed by atoms with Crippen molar-refractivity contribution in [2.75, 3.05) is 13.2 Å². The first-order valence-corrected chi connectivity index (χ1v) is 4.82. The zero-order valence-electron chi connectivity index (χ0n) is 8.89. The molecule has 1 heterocycles. The average Bonchev–Trinajstić information content (AvgIpc) is 2.91. The summed E-state index contributed by atoms with van der Waals surface area (Å²) in [5.74, 6) is -0.585. The highest BCUT2D eigenvalue weighted by Gasteiger charge is 2.65. The van der Waals surface area contributed by atoms with E-state index < -0.39 is 17.7 Å². The highest BCUT2D eigenvalue weighted by molar-refractivity contribution is 5.86. The Morgan fingerprint density at radius 3 is 2.50 bits per heavy atom. The highest BCUT2D eigenvalue weighted by atomic mass is 19.4. The van der Waals surface area contributed by atoms with Crippen LogP contribution in [0.5, 0.6) is 0 Å². The molecule has 0 saturated carbocycles. The summed E-state index contributed by atoms with van der Waals surface area (Å²) in [6, 6.07) is 0. The maximum atomic E-state index is 12.4. The predicted molar refractivity (Wildman–Crippen MR) is 49.7 cm³/mol. The van der Waals surface area contributed by atoms with Gasteiger partial charge in [-0.15, -0.1) is 0 Å².